The van der Waals surface area contributed by atoms with Gasteiger partial charge in [0, 0.05) is 6.54 Å². The zero-order valence-corrected chi connectivity index (χ0v) is 9.45. The minimum Gasteiger partial charge on any atom is -0.495 e. The van der Waals surface area contributed by atoms with E-state index >= 15 is 0 Å². The summed E-state index contributed by atoms with van der Waals surface area (Å²) in [6, 6.07) is 3.31. The molecule has 7 heteroatoms. The van der Waals surface area contributed by atoms with Crippen molar-refractivity contribution in [2.24, 2.45) is 0 Å². The maximum atomic E-state index is 11.6. The number of halogens is 1. The van der Waals surface area contributed by atoms with Crippen LogP contribution in [0, 0.1) is 0 Å². The van der Waals surface area contributed by atoms with Gasteiger partial charge < -0.3 is 4.74 Å². The van der Waals surface area contributed by atoms with Gasteiger partial charge in [0.05, 0.1) is 7.11 Å². The third kappa shape index (κ3) is 1.69. The van der Waals surface area contributed by atoms with Gasteiger partial charge in [-0.3, -0.25) is 0 Å². The van der Waals surface area contributed by atoms with E-state index in [1.165, 1.54) is 7.11 Å². The fourth-order valence-corrected chi connectivity index (χ4v) is 3.20. The van der Waals surface area contributed by atoms with Crippen LogP contribution in [0.1, 0.15) is 5.56 Å². The summed E-state index contributed by atoms with van der Waals surface area (Å²) >= 11 is 5.94. The summed E-state index contributed by atoms with van der Waals surface area (Å²) < 4.78 is 28.3. The molecule has 0 saturated heterocycles. The number of sulfonamides is 1. The van der Waals surface area contributed by atoms with Crippen LogP contribution in [0.3, 0.4) is 0 Å². The molecule has 0 radical (unpaired) electrons. The van der Waals surface area contributed by atoms with Gasteiger partial charge in [0.2, 0.25) is 0 Å². The molecule has 0 fully saturated rings. The standard InChI is InChI=1S/C8H9ClN2O3S/c1-14-6-3-2-5-4-10-11-15(12,13)8(5)7(6)9/h2-3,10-11H,4H2,1H3. The van der Waals surface area contributed by atoms with E-state index in [1.54, 1.807) is 12.1 Å². The number of fused-ring (bicyclic) bond motifs is 1. The highest BCUT2D eigenvalue weighted by molar-refractivity contribution is 7.89. The molecule has 0 bridgehead atoms. The summed E-state index contributed by atoms with van der Waals surface area (Å²) in [6.45, 7) is 0.401. The number of methoxy groups -OCH3 is 1. The molecule has 0 unspecified atom stereocenters. The Kier molecular flexibility index (Phi) is 2.59. The van der Waals surface area contributed by atoms with E-state index in [2.05, 4.69) is 10.3 Å². The molecular formula is C8H9ClN2O3S. The Morgan fingerprint density at radius 1 is 1.47 bits per heavy atom. The highest BCUT2D eigenvalue weighted by Gasteiger charge is 2.27. The van der Waals surface area contributed by atoms with Crippen molar-refractivity contribution in [3.05, 3.63) is 22.7 Å². The molecule has 0 spiro atoms. The number of benzene rings is 1. The van der Waals surface area contributed by atoms with Crippen LogP contribution in [-0.4, -0.2) is 15.5 Å². The smallest absolute Gasteiger partial charge is 0.255 e. The van der Waals surface area contributed by atoms with E-state index in [-0.39, 0.29) is 9.92 Å². The minimum atomic E-state index is -3.58. The van der Waals surface area contributed by atoms with E-state index in [0.717, 1.165) is 0 Å². The van der Waals surface area contributed by atoms with Crippen LogP contribution >= 0.6 is 11.6 Å². The van der Waals surface area contributed by atoms with Crippen LogP contribution in [0.15, 0.2) is 17.0 Å². The lowest BCUT2D eigenvalue weighted by Crippen LogP contribution is -2.41. The lowest BCUT2D eigenvalue weighted by atomic mass is 10.2. The van der Waals surface area contributed by atoms with Gasteiger partial charge in [-0.25, -0.2) is 13.8 Å². The van der Waals surface area contributed by atoms with Crippen LogP contribution in [0.2, 0.25) is 5.02 Å². The van der Waals surface area contributed by atoms with Crippen molar-refractivity contribution < 1.29 is 13.2 Å². The molecule has 1 aromatic rings. The number of ether oxygens (including phenoxy) is 1. The molecule has 0 amide bonds. The van der Waals surface area contributed by atoms with Gasteiger partial charge in [-0.2, -0.15) is 0 Å². The number of hydrazine groups is 1. The molecule has 0 saturated carbocycles. The first-order valence-electron chi connectivity index (χ1n) is 4.16. The van der Waals surface area contributed by atoms with Gasteiger partial charge in [0.1, 0.15) is 15.7 Å². The summed E-state index contributed by atoms with van der Waals surface area (Å²) in [5, 5.41) is 0.115. The average molecular weight is 249 g/mol. The number of hydrogen-bond donors (Lipinski definition) is 2. The largest absolute Gasteiger partial charge is 0.495 e. The van der Waals surface area contributed by atoms with E-state index in [9.17, 15) is 8.42 Å². The lowest BCUT2D eigenvalue weighted by molar-refractivity contribution is 0.412. The Morgan fingerprint density at radius 3 is 2.87 bits per heavy atom. The third-order valence-corrected chi connectivity index (χ3v) is 4.02. The molecule has 0 atom stereocenters. The predicted octanol–water partition coefficient (Wildman–Crippen LogP) is 0.645. The summed E-state index contributed by atoms with van der Waals surface area (Å²) in [6.07, 6.45) is 0. The van der Waals surface area contributed by atoms with Crippen molar-refractivity contribution in [2.75, 3.05) is 7.11 Å². The van der Waals surface area contributed by atoms with Crippen LogP contribution in [0.25, 0.3) is 0 Å². The molecule has 82 valence electrons. The van der Waals surface area contributed by atoms with Crippen LogP contribution < -0.4 is 15.0 Å². The average Bonchev–Trinajstić information content (AvgIpc) is 2.17. The molecule has 15 heavy (non-hydrogen) atoms. The summed E-state index contributed by atoms with van der Waals surface area (Å²) in [7, 11) is -2.14. The molecule has 1 heterocycles. The maximum Gasteiger partial charge on any atom is 0.255 e. The van der Waals surface area contributed by atoms with Gasteiger partial charge in [0.25, 0.3) is 10.0 Å². The van der Waals surface area contributed by atoms with Gasteiger partial charge >= 0.3 is 0 Å². The Bertz CT molecular complexity index is 501. The molecule has 1 aromatic carbocycles. The topological polar surface area (TPSA) is 67.4 Å². The second-order valence-electron chi connectivity index (χ2n) is 3.03. The second kappa shape index (κ2) is 3.64. The first-order valence-corrected chi connectivity index (χ1v) is 6.02. The summed E-state index contributed by atoms with van der Waals surface area (Å²) in [5.74, 6) is 0.350. The number of nitrogens with one attached hydrogen (secondary N) is 2. The summed E-state index contributed by atoms with van der Waals surface area (Å²) in [5.41, 5.74) is 3.18. The summed E-state index contributed by atoms with van der Waals surface area (Å²) in [4.78, 5) is 2.27. The molecule has 1 aliphatic rings. The quantitative estimate of drug-likeness (QED) is 0.766. The fraction of sp³-hybridized carbons (Fsp3) is 0.250. The zero-order chi connectivity index (χ0) is 11.1. The highest BCUT2D eigenvalue weighted by atomic mass is 35.5. The maximum absolute atomic E-state index is 11.6. The van der Waals surface area contributed by atoms with Crippen LogP contribution in [-0.2, 0) is 16.6 Å². The van der Waals surface area contributed by atoms with E-state index in [4.69, 9.17) is 16.3 Å². The zero-order valence-electron chi connectivity index (χ0n) is 7.87. The Balaban J connectivity index is 2.73. The molecule has 5 nitrogen and oxygen atoms in total. The molecule has 2 rings (SSSR count). The van der Waals surface area contributed by atoms with Crippen molar-refractivity contribution in [3.8, 4) is 5.75 Å². The normalized spacial score (nSPS) is 18.3. The van der Waals surface area contributed by atoms with Gasteiger partial charge in [-0.15, -0.1) is 4.83 Å². The first-order chi connectivity index (χ1) is 7.06. The molecule has 0 aliphatic carbocycles. The molecular weight excluding hydrogens is 240 g/mol. The molecule has 2 N–H and O–H groups in total. The van der Waals surface area contributed by atoms with Crippen LogP contribution in [0.5, 0.6) is 5.75 Å². The van der Waals surface area contributed by atoms with Crippen molar-refractivity contribution >= 4 is 21.6 Å². The lowest BCUT2D eigenvalue weighted by Gasteiger charge is -2.20. The monoisotopic (exact) mass is 248 g/mol. The van der Waals surface area contributed by atoms with Crippen molar-refractivity contribution in [1.82, 2.24) is 10.3 Å². The van der Waals surface area contributed by atoms with E-state index < -0.39 is 10.0 Å². The SMILES string of the molecule is COc1ccc2c(c1Cl)S(=O)(=O)NNC2. The van der Waals surface area contributed by atoms with Crippen molar-refractivity contribution in [2.45, 2.75) is 11.4 Å². The second-order valence-corrected chi connectivity index (χ2v) is 5.03. The van der Waals surface area contributed by atoms with Gasteiger partial charge in [-0.1, -0.05) is 17.7 Å². The highest BCUT2D eigenvalue weighted by Crippen LogP contribution is 2.34. The predicted molar refractivity (Wildman–Crippen MR) is 55.2 cm³/mol. The van der Waals surface area contributed by atoms with Crippen molar-refractivity contribution in [3.63, 3.8) is 0 Å². The molecule has 0 aromatic heterocycles. The fourth-order valence-electron chi connectivity index (χ4n) is 1.44. The van der Waals surface area contributed by atoms with E-state index in [1.807, 2.05) is 0 Å². The third-order valence-electron chi connectivity index (χ3n) is 2.12. The Labute approximate surface area is 92.4 Å². The molecule has 1 aliphatic heterocycles. The van der Waals surface area contributed by atoms with Gasteiger partial charge in [0.15, 0.2) is 0 Å². The van der Waals surface area contributed by atoms with Crippen LogP contribution in [0.4, 0.5) is 0 Å². The number of rotatable bonds is 1. The Morgan fingerprint density at radius 2 is 2.20 bits per heavy atom. The van der Waals surface area contributed by atoms with E-state index in [0.29, 0.717) is 17.9 Å². The first kappa shape index (κ1) is 10.7. The Hall–Kier alpha value is -0.820. The minimum absolute atomic E-state index is 0.0854. The van der Waals surface area contributed by atoms with Crippen molar-refractivity contribution in [1.29, 1.82) is 0 Å². The number of hydrogen-bond acceptors (Lipinski definition) is 4. The van der Waals surface area contributed by atoms with Gasteiger partial charge in [-0.05, 0) is 11.6 Å².